The maximum absolute atomic E-state index is 10.2. The molecule has 1 aromatic carbocycles. The molecule has 4 rings (SSSR count). The second kappa shape index (κ2) is 4.85. The van der Waals surface area contributed by atoms with Crippen molar-refractivity contribution in [2.45, 2.75) is 38.5 Å². The molecule has 0 aromatic heterocycles. The number of nitriles is 2. The molecular formula is C20H22N4O2. The van der Waals surface area contributed by atoms with Crippen molar-refractivity contribution in [2.24, 2.45) is 27.0 Å². The van der Waals surface area contributed by atoms with Crippen LogP contribution < -0.4 is 5.73 Å². The third kappa shape index (κ3) is 1.52. The SMILES string of the molecule is CC(C)(C[C@]1(C)[C@]2(C#N)C(N)=NC3(OCCO3)[C@]12C#N)c1ccccc1. The molecule has 134 valence electrons. The zero-order valence-corrected chi connectivity index (χ0v) is 15.2. The molecule has 2 N–H and O–H groups in total. The Morgan fingerprint density at radius 3 is 2.31 bits per heavy atom. The topological polar surface area (TPSA) is 104 Å². The molecule has 1 spiro atoms. The summed E-state index contributed by atoms with van der Waals surface area (Å²) in [5, 5.41) is 20.3. The molecule has 6 nitrogen and oxygen atoms in total. The van der Waals surface area contributed by atoms with E-state index in [0.29, 0.717) is 19.6 Å². The number of aliphatic imine (C=N–C) groups is 1. The van der Waals surface area contributed by atoms with Gasteiger partial charge in [0.25, 0.3) is 5.91 Å². The van der Waals surface area contributed by atoms with Gasteiger partial charge in [0.1, 0.15) is 11.3 Å². The van der Waals surface area contributed by atoms with Crippen molar-refractivity contribution >= 4 is 5.84 Å². The summed E-state index contributed by atoms with van der Waals surface area (Å²) in [5.74, 6) is -1.32. The van der Waals surface area contributed by atoms with Crippen molar-refractivity contribution in [1.29, 1.82) is 10.5 Å². The van der Waals surface area contributed by atoms with Crippen LogP contribution in [0.4, 0.5) is 0 Å². The first kappa shape index (κ1) is 17.0. The van der Waals surface area contributed by atoms with E-state index in [1.54, 1.807) is 0 Å². The molecule has 1 aromatic rings. The first-order valence-electron chi connectivity index (χ1n) is 8.79. The molecule has 0 bridgehead atoms. The van der Waals surface area contributed by atoms with Crippen molar-refractivity contribution in [1.82, 2.24) is 0 Å². The molecule has 3 aliphatic rings. The van der Waals surface area contributed by atoms with Crippen LogP contribution in [-0.4, -0.2) is 25.0 Å². The Morgan fingerprint density at radius 1 is 1.15 bits per heavy atom. The zero-order valence-electron chi connectivity index (χ0n) is 15.2. The van der Waals surface area contributed by atoms with Crippen molar-refractivity contribution < 1.29 is 9.47 Å². The van der Waals surface area contributed by atoms with Crippen molar-refractivity contribution in [3.63, 3.8) is 0 Å². The maximum atomic E-state index is 10.2. The van der Waals surface area contributed by atoms with Gasteiger partial charge in [-0.25, -0.2) is 4.99 Å². The van der Waals surface area contributed by atoms with Gasteiger partial charge in [-0.05, 0) is 17.4 Å². The second-order valence-corrected chi connectivity index (χ2v) is 8.26. The first-order valence-corrected chi connectivity index (χ1v) is 8.79. The van der Waals surface area contributed by atoms with E-state index in [1.165, 1.54) is 0 Å². The lowest BCUT2D eigenvalue weighted by molar-refractivity contribution is -0.192. The lowest BCUT2D eigenvalue weighted by atomic mass is 9.72. The molecule has 2 aliphatic heterocycles. The molecular weight excluding hydrogens is 328 g/mol. The molecule has 2 heterocycles. The minimum Gasteiger partial charge on any atom is -0.386 e. The highest BCUT2D eigenvalue weighted by atomic mass is 16.8. The highest BCUT2D eigenvalue weighted by Gasteiger charge is 2.99. The van der Waals surface area contributed by atoms with Crippen molar-refractivity contribution in [3.05, 3.63) is 35.9 Å². The summed E-state index contributed by atoms with van der Waals surface area (Å²) in [4.78, 5) is 4.34. The molecule has 1 aliphatic carbocycles. The molecule has 0 unspecified atom stereocenters. The summed E-state index contributed by atoms with van der Waals surface area (Å²) >= 11 is 0. The van der Waals surface area contributed by atoms with E-state index < -0.39 is 22.2 Å². The summed E-state index contributed by atoms with van der Waals surface area (Å²) in [7, 11) is 0. The van der Waals surface area contributed by atoms with Crippen LogP contribution in [0.3, 0.4) is 0 Å². The number of benzene rings is 1. The van der Waals surface area contributed by atoms with E-state index in [2.05, 4.69) is 43.1 Å². The average molecular weight is 350 g/mol. The number of fused-ring (bicyclic) bond motifs is 2. The van der Waals surface area contributed by atoms with Gasteiger partial charge in [0.15, 0.2) is 5.41 Å². The number of nitrogens with zero attached hydrogens (tertiary/aromatic N) is 3. The van der Waals surface area contributed by atoms with Crippen molar-refractivity contribution in [2.75, 3.05) is 13.2 Å². The van der Waals surface area contributed by atoms with Gasteiger partial charge >= 0.3 is 0 Å². The maximum Gasteiger partial charge on any atom is 0.293 e. The lowest BCUT2D eigenvalue weighted by Gasteiger charge is -2.34. The summed E-state index contributed by atoms with van der Waals surface area (Å²) in [6.07, 6.45) is 0.579. The van der Waals surface area contributed by atoms with E-state index in [1.807, 2.05) is 25.1 Å². The van der Waals surface area contributed by atoms with Gasteiger partial charge in [0, 0.05) is 5.41 Å². The molecule has 3 atom stereocenters. The summed E-state index contributed by atoms with van der Waals surface area (Å²) in [6.45, 7) is 6.85. The molecule has 0 amide bonds. The fraction of sp³-hybridized carbons (Fsp3) is 0.550. The predicted molar refractivity (Wildman–Crippen MR) is 94.5 cm³/mol. The van der Waals surface area contributed by atoms with Crippen LogP contribution in [0.1, 0.15) is 32.8 Å². The van der Waals surface area contributed by atoms with Crippen LogP contribution in [0.25, 0.3) is 0 Å². The zero-order chi connectivity index (χ0) is 18.8. The fourth-order valence-corrected chi connectivity index (χ4v) is 5.54. The number of ether oxygens (including phenoxy) is 2. The Kier molecular flexibility index (Phi) is 3.18. The molecule has 1 saturated carbocycles. The average Bonchev–Trinajstić information content (AvgIpc) is 2.91. The molecule has 0 radical (unpaired) electrons. The van der Waals surface area contributed by atoms with E-state index >= 15 is 0 Å². The number of hydrogen-bond acceptors (Lipinski definition) is 6. The number of rotatable bonds is 3. The lowest BCUT2D eigenvalue weighted by Crippen LogP contribution is -2.42. The third-order valence-corrected chi connectivity index (χ3v) is 6.65. The Balaban J connectivity index is 1.83. The van der Waals surface area contributed by atoms with E-state index in [0.717, 1.165) is 5.56 Å². The summed E-state index contributed by atoms with van der Waals surface area (Å²) < 4.78 is 11.6. The minimum atomic E-state index is -1.47. The molecule has 6 heteroatoms. The summed E-state index contributed by atoms with van der Waals surface area (Å²) in [6, 6.07) is 14.8. The van der Waals surface area contributed by atoms with Gasteiger partial charge in [-0.1, -0.05) is 51.1 Å². The molecule has 2 fully saturated rings. The van der Waals surface area contributed by atoms with Crippen molar-refractivity contribution in [3.8, 4) is 12.1 Å². The van der Waals surface area contributed by atoms with Gasteiger partial charge in [0.2, 0.25) is 0 Å². The monoisotopic (exact) mass is 350 g/mol. The van der Waals surface area contributed by atoms with Crippen LogP contribution in [-0.2, 0) is 14.9 Å². The van der Waals surface area contributed by atoms with Crippen LogP contribution in [0, 0.1) is 38.9 Å². The van der Waals surface area contributed by atoms with Crippen LogP contribution in [0.5, 0.6) is 0 Å². The summed E-state index contributed by atoms with van der Waals surface area (Å²) in [5.41, 5.74) is 3.92. The van der Waals surface area contributed by atoms with Crippen LogP contribution >= 0.6 is 0 Å². The first-order chi connectivity index (χ1) is 12.3. The van der Waals surface area contributed by atoms with E-state index in [9.17, 15) is 10.5 Å². The van der Waals surface area contributed by atoms with Gasteiger partial charge in [-0.3, -0.25) is 0 Å². The van der Waals surface area contributed by atoms with E-state index in [4.69, 9.17) is 15.2 Å². The standard InChI is InChI=1S/C20H22N4O2/c1-16(2,14-7-5-4-6-8-14)11-17(3)18(12-21)15(23)24-20(19(17,18)13-22)25-9-10-26-20/h4-8H,9-11H2,1-3H3,(H2,23,24)/t17-,18+,19-/m1/s1. The fourth-order valence-electron chi connectivity index (χ4n) is 5.54. The quantitative estimate of drug-likeness (QED) is 0.901. The Morgan fingerprint density at radius 2 is 1.77 bits per heavy atom. The molecule has 26 heavy (non-hydrogen) atoms. The van der Waals surface area contributed by atoms with Crippen LogP contribution in [0.2, 0.25) is 0 Å². The van der Waals surface area contributed by atoms with Gasteiger partial charge in [-0.2, -0.15) is 10.5 Å². The highest BCUT2D eigenvalue weighted by Crippen LogP contribution is 2.87. The van der Waals surface area contributed by atoms with Gasteiger partial charge < -0.3 is 15.2 Å². The van der Waals surface area contributed by atoms with Gasteiger partial charge in [0.05, 0.1) is 25.4 Å². The van der Waals surface area contributed by atoms with Crippen LogP contribution in [0.15, 0.2) is 35.3 Å². The van der Waals surface area contributed by atoms with Gasteiger partial charge in [-0.15, -0.1) is 0 Å². The Bertz CT molecular complexity index is 875. The highest BCUT2D eigenvalue weighted by molar-refractivity contribution is 6.00. The van der Waals surface area contributed by atoms with E-state index in [-0.39, 0.29) is 11.3 Å². The molecule has 1 saturated heterocycles. The predicted octanol–water partition coefficient (Wildman–Crippen LogP) is 2.47. The smallest absolute Gasteiger partial charge is 0.293 e. The Labute approximate surface area is 153 Å². The Hall–Kier alpha value is -2.41. The number of hydrogen-bond donors (Lipinski definition) is 1. The number of nitrogens with two attached hydrogens (primary N) is 1. The third-order valence-electron chi connectivity index (χ3n) is 6.65. The second-order valence-electron chi connectivity index (χ2n) is 8.26. The minimum absolute atomic E-state index is 0.148. The number of amidine groups is 1. The largest absolute Gasteiger partial charge is 0.386 e. The normalized spacial score (nSPS) is 36.9.